The molecule has 0 bridgehead atoms. The van der Waals surface area contributed by atoms with Crippen LogP contribution >= 0.6 is 0 Å². The maximum atomic E-state index is 13.3. The van der Waals surface area contributed by atoms with Crippen LogP contribution in [0.2, 0.25) is 0 Å². The molecule has 0 aromatic carbocycles. The third-order valence-electron chi connectivity index (χ3n) is 5.10. The quantitative estimate of drug-likeness (QED) is 0.709. The highest BCUT2D eigenvalue weighted by Gasteiger charge is 2.45. The summed E-state index contributed by atoms with van der Waals surface area (Å²) in [6.07, 6.45) is 3.85. The number of hydrogen-bond donors (Lipinski definition) is 2. The average Bonchev–Trinajstić information content (AvgIpc) is 3.48. The lowest BCUT2D eigenvalue weighted by Crippen LogP contribution is -2.57. The van der Waals surface area contributed by atoms with Gasteiger partial charge in [0.15, 0.2) is 5.69 Å². The molecule has 2 amide bonds. The Bertz CT molecular complexity index is 757. The van der Waals surface area contributed by atoms with Gasteiger partial charge in [0.25, 0.3) is 11.8 Å². The molecule has 0 radical (unpaired) electrons. The molecule has 3 aliphatic rings. The van der Waals surface area contributed by atoms with Crippen molar-refractivity contribution in [2.24, 2.45) is 17.6 Å². The monoisotopic (exact) mass is 380 g/mol. The summed E-state index contributed by atoms with van der Waals surface area (Å²) >= 11 is 0. The van der Waals surface area contributed by atoms with Gasteiger partial charge >= 0.3 is 0 Å². The van der Waals surface area contributed by atoms with Crippen LogP contribution in [-0.4, -0.2) is 48.5 Å². The minimum absolute atomic E-state index is 0.0225. The molecule has 146 valence electrons. The van der Waals surface area contributed by atoms with Crippen molar-refractivity contribution in [2.45, 2.75) is 37.6 Å². The zero-order chi connectivity index (χ0) is 19.2. The number of halogens is 2. The molecule has 9 heteroatoms. The molecule has 7 nitrogen and oxygen atoms in total. The number of pyridine rings is 1. The van der Waals surface area contributed by atoms with Gasteiger partial charge in [0.2, 0.25) is 11.8 Å². The maximum Gasteiger partial charge on any atom is 0.282 e. The van der Waals surface area contributed by atoms with Gasteiger partial charge < -0.3 is 20.7 Å². The average molecular weight is 380 g/mol. The second-order valence-corrected chi connectivity index (χ2v) is 7.67. The number of nitrogens with one attached hydrogen (secondary N) is 1. The zero-order valence-electron chi connectivity index (χ0n) is 14.8. The Hall–Kier alpha value is -2.45. The molecule has 1 atom stereocenters. The van der Waals surface area contributed by atoms with Crippen molar-refractivity contribution >= 4 is 17.5 Å². The van der Waals surface area contributed by atoms with E-state index in [0.29, 0.717) is 18.2 Å². The topological polar surface area (TPSA) is 97.5 Å². The number of nitrogens with two attached hydrogens (primary N) is 1. The molecule has 3 fully saturated rings. The lowest BCUT2D eigenvalue weighted by molar-refractivity contribution is -0.120. The molecule has 2 heterocycles. The molecule has 1 aliphatic heterocycles. The van der Waals surface area contributed by atoms with E-state index in [-0.39, 0.29) is 17.5 Å². The van der Waals surface area contributed by atoms with Gasteiger partial charge in [0.05, 0.1) is 25.4 Å². The Morgan fingerprint density at radius 2 is 2.00 bits per heavy atom. The van der Waals surface area contributed by atoms with E-state index in [4.69, 9.17) is 10.5 Å². The number of ether oxygens (including phenoxy) is 1. The van der Waals surface area contributed by atoms with Crippen LogP contribution in [0, 0.1) is 11.8 Å². The van der Waals surface area contributed by atoms with E-state index in [2.05, 4.69) is 10.3 Å². The summed E-state index contributed by atoms with van der Waals surface area (Å²) in [5.74, 6) is -3.19. The molecule has 27 heavy (non-hydrogen) atoms. The Morgan fingerprint density at radius 1 is 1.30 bits per heavy atom. The largest absolute Gasteiger partial charge is 0.477 e. The molecule has 2 aliphatic carbocycles. The second kappa shape index (κ2) is 6.61. The van der Waals surface area contributed by atoms with Crippen molar-refractivity contribution in [1.29, 1.82) is 0 Å². The zero-order valence-corrected chi connectivity index (χ0v) is 14.8. The highest BCUT2D eigenvalue weighted by molar-refractivity contribution is 6.00. The first-order valence-corrected chi connectivity index (χ1v) is 9.19. The van der Waals surface area contributed by atoms with E-state index in [0.717, 1.165) is 25.7 Å². The maximum absolute atomic E-state index is 13.3. The number of nitrogens with zero attached hydrogens (tertiary/aromatic N) is 2. The molecule has 0 spiro atoms. The van der Waals surface area contributed by atoms with Gasteiger partial charge in [0.1, 0.15) is 6.04 Å². The summed E-state index contributed by atoms with van der Waals surface area (Å²) < 4.78 is 32.2. The molecular weight excluding hydrogens is 358 g/mol. The van der Waals surface area contributed by atoms with Crippen LogP contribution in [0.25, 0.3) is 0 Å². The number of alkyl halides is 2. The van der Waals surface area contributed by atoms with E-state index >= 15 is 0 Å². The number of aromatic nitrogens is 1. The predicted octanol–water partition coefficient (Wildman–Crippen LogP) is 1.32. The Balaban J connectivity index is 1.55. The van der Waals surface area contributed by atoms with E-state index in [1.807, 2.05) is 0 Å². The van der Waals surface area contributed by atoms with Crippen LogP contribution in [0.15, 0.2) is 12.1 Å². The van der Waals surface area contributed by atoms with Crippen LogP contribution in [0.3, 0.4) is 0 Å². The minimum atomic E-state index is -2.78. The smallest absolute Gasteiger partial charge is 0.282 e. The van der Waals surface area contributed by atoms with Crippen LogP contribution < -0.4 is 20.7 Å². The minimum Gasteiger partial charge on any atom is -0.477 e. The molecular formula is C18H22F2N4O3. The number of carbonyl (C=O) groups excluding carboxylic acids is 2. The summed E-state index contributed by atoms with van der Waals surface area (Å²) in [6.45, 7) is -0.431. The number of rotatable bonds is 8. The molecule has 3 N–H and O–H groups in total. The molecule has 1 unspecified atom stereocenters. The third kappa shape index (κ3) is 4.12. The Labute approximate surface area is 155 Å². The van der Waals surface area contributed by atoms with Crippen molar-refractivity contribution in [3.8, 4) is 5.88 Å². The van der Waals surface area contributed by atoms with E-state index in [9.17, 15) is 18.4 Å². The predicted molar refractivity (Wildman–Crippen MR) is 92.8 cm³/mol. The summed E-state index contributed by atoms with van der Waals surface area (Å²) in [4.78, 5) is 30.0. The Morgan fingerprint density at radius 3 is 2.56 bits per heavy atom. The summed E-state index contributed by atoms with van der Waals surface area (Å²) in [7, 11) is 0. The fourth-order valence-corrected chi connectivity index (χ4v) is 3.17. The molecule has 1 saturated heterocycles. The summed E-state index contributed by atoms with van der Waals surface area (Å²) in [5, 5.41) is 2.62. The molecule has 1 aromatic rings. The van der Waals surface area contributed by atoms with Gasteiger partial charge in [-0.2, -0.15) is 0 Å². The van der Waals surface area contributed by atoms with Crippen LogP contribution in [-0.2, 0) is 4.79 Å². The van der Waals surface area contributed by atoms with Crippen molar-refractivity contribution in [3.63, 3.8) is 0 Å². The van der Waals surface area contributed by atoms with Gasteiger partial charge in [-0.25, -0.2) is 13.8 Å². The van der Waals surface area contributed by atoms with Gasteiger partial charge in [0, 0.05) is 6.07 Å². The second-order valence-electron chi connectivity index (χ2n) is 7.67. The van der Waals surface area contributed by atoms with Crippen molar-refractivity contribution in [1.82, 2.24) is 10.3 Å². The number of amides is 2. The van der Waals surface area contributed by atoms with Crippen molar-refractivity contribution in [2.75, 3.05) is 24.6 Å². The van der Waals surface area contributed by atoms with Gasteiger partial charge in [-0.1, -0.05) is 0 Å². The number of anilines is 1. The number of primary amides is 1. The fourth-order valence-electron chi connectivity index (χ4n) is 3.17. The van der Waals surface area contributed by atoms with Gasteiger partial charge in [-0.15, -0.1) is 0 Å². The van der Waals surface area contributed by atoms with Gasteiger partial charge in [-0.05, 0) is 43.6 Å². The molecule has 1 aromatic heterocycles. The lowest BCUT2D eigenvalue weighted by atomic mass is 10.1. The number of hydrogen-bond acceptors (Lipinski definition) is 5. The fraction of sp³-hybridized carbons (Fsp3) is 0.611. The van der Waals surface area contributed by atoms with Gasteiger partial charge in [-0.3, -0.25) is 9.59 Å². The van der Waals surface area contributed by atoms with Crippen LogP contribution in [0.4, 0.5) is 14.5 Å². The number of carbonyl (C=O) groups is 2. The van der Waals surface area contributed by atoms with Crippen LogP contribution in [0.5, 0.6) is 5.88 Å². The Kier molecular flexibility index (Phi) is 4.39. The first kappa shape index (κ1) is 17.9. The third-order valence-corrected chi connectivity index (χ3v) is 5.10. The SMILES string of the molecule is NC(=O)C(NC(=O)c1nc(OCC2CC2)ccc1N1CC(F)(F)C1)C1CC1. The normalized spacial score (nSPS) is 21.9. The van der Waals surface area contributed by atoms with Crippen molar-refractivity contribution in [3.05, 3.63) is 17.8 Å². The van der Waals surface area contributed by atoms with E-state index < -0.39 is 36.9 Å². The lowest BCUT2D eigenvalue weighted by Gasteiger charge is -2.40. The van der Waals surface area contributed by atoms with Crippen molar-refractivity contribution < 1.29 is 23.1 Å². The summed E-state index contributed by atoms with van der Waals surface area (Å²) in [6, 6.07) is 2.37. The standard InChI is InChI=1S/C18H22F2N4O3/c19-18(20)8-24(9-18)12-5-6-13(27-7-10-1-2-10)22-15(12)17(26)23-14(16(21)25)11-3-4-11/h5-6,10-11,14H,1-4,7-9H2,(H2,21,25)(H,23,26). The van der Waals surface area contributed by atoms with E-state index in [1.165, 1.54) is 4.90 Å². The highest BCUT2D eigenvalue weighted by atomic mass is 19.3. The first-order valence-electron chi connectivity index (χ1n) is 9.19. The molecule has 4 rings (SSSR count). The summed E-state index contributed by atoms with van der Waals surface area (Å²) in [5.41, 5.74) is 5.66. The first-order chi connectivity index (χ1) is 12.8. The molecule has 2 saturated carbocycles. The highest BCUT2D eigenvalue weighted by Crippen LogP contribution is 2.36. The van der Waals surface area contributed by atoms with Crippen LogP contribution in [0.1, 0.15) is 36.2 Å². The van der Waals surface area contributed by atoms with E-state index in [1.54, 1.807) is 12.1 Å².